The van der Waals surface area contributed by atoms with Crippen LogP contribution in [0.3, 0.4) is 0 Å². The van der Waals surface area contributed by atoms with E-state index in [2.05, 4.69) is 22.5 Å². The zero-order valence-electron chi connectivity index (χ0n) is 14.6. The van der Waals surface area contributed by atoms with Crippen molar-refractivity contribution in [2.75, 3.05) is 27.0 Å². The number of ether oxygens (including phenoxy) is 3. The zero-order valence-corrected chi connectivity index (χ0v) is 16.9. The fraction of sp³-hybridized carbons (Fsp3) is 0.588. The molecule has 2 heterocycles. The van der Waals surface area contributed by atoms with Gasteiger partial charge < -0.3 is 24.8 Å². The third-order valence-corrected chi connectivity index (χ3v) is 4.35. The highest BCUT2D eigenvalue weighted by Gasteiger charge is 2.29. The quantitative estimate of drug-likeness (QED) is 0.407. The molecule has 2 aliphatic rings. The minimum atomic E-state index is -0.297. The highest BCUT2D eigenvalue weighted by Crippen LogP contribution is 2.29. The van der Waals surface area contributed by atoms with E-state index in [1.54, 1.807) is 7.05 Å². The van der Waals surface area contributed by atoms with Gasteiger partial charge in [-0.25, -0.2) is 4.39 Å². The van der Waals surface area contributed by atoms with Crippen LogP contribution in [-0.4, -0.2) is 38.6 Å². The van der Waals surface area contributed by atoms with E-state index in [0.29, 0.717) is 31.4 Å². The van der Waals surface area contributed by atoms with E-state index in [4.69, 9.17) is 14.2 Å². The molecule has 3 rings (SSSR count). The Morgan fingerprint density at radius 3 is 2.92 bits per heavy atom. The maximum Gasteiger partial charge on any atom is 0.191 e. The van der Waals surface area contributed by atoms with Crippen LogP contribution >= 0.6 is 24.0 Å². The van der Waals surface area contributed by atoms with Crippen molar-refractivity contribution in [1.82, 2.24) is 10.6 Å². The Bertz CT molecular complexity index is 621. The van der Waals surface area contributed by atoms with Crippen LogP contribution in [0.2, 0.25) is 0 Å². The third-order valence-electron chi connectivity index (χ3n) is 4.35. The molecule has 0 bridgehead atoms. The number of hydrogen-bond acceptors (Lipinski definition) is 4. The van der Waals surface area contributed by atoms with Crippen LogP contribution in [0, 0.1) is 5.82 Å². The van der Waals surface area contributed by atoms with E-state index in [1.165, 1.54) is 12.1 Å². The highest BCUT2D eigenvalue weighted by atomic mass is 127. The lowest BCUT2D eigenvalue weighted by Crippen LogP contribution is -2.45. The van der Waals surface area contributed by atoms with E-state index in [9.17, 15) is 4.39 Å². The van der Waals surface area contributed by atoms with Crippen LogP contribution < -0.4 is 15.4 Å². The Morgan fingerprint density at radius 2 is 2.20 bits per heavy atom. The topological polar surface area (TPSA) is 64.1 Å². The lowest BCUT2D eigenvalue weighted by Gasteiger charge is -2.25. The van der Waals surface area contributed by atoms with Gasteiger partial charge in [0.15, 0.2) is 12.8 Å². The van der Waals surface area contributed by atoms with Crippen molar-refractivity contribution >= 4 is 29.9 Å². The molecule has 25 heavy (non-hydrogen) atoms. The SMILES string of the molecule is CN=C(NCc1cc(F)cc2c1OCOC2)NCC1(C)CCCO1.I. The Morgan fingerprint density at radius 1 is 1.36 bits per heavy atom. The Balaban J connectivity index is 0.00000225. The molecule has 0 saturated carbocycles. The number of nitrogens with zero attached hydrogens (tertiary/aromatic N) is 1. The van der Waals surface area contributed by atoms with E-state index < -0.39 is 0 Å². The fourth-order valence-corrected chi connectivity index (χ4v) is 3.03. The predicted molar refractivity (Wildman–Crippen MR) is 104 cm³/mol. The van der Waals surface area contributed by atoms with Gasteiger partial charge in [-0.1, -0.05) is 0 Å². The monoisotopic (exact) mass is 465 g/mol. The molecule has 1 unspecified atom stereocenters. The van der Waals surface area contributed by atoms with Crippen molar-refractivity contribution in [2.24, 2.45) is 4.99 Å². The molecule has 2 aliphatic heterocycles. The molecule has 1 saturated heterocycles. The summed E-state index contributed by atoms with van der Waals surface area (Å²) in [6, 6.07) is 2.93. The van der Waals surface area contributed by atoms with Gasteiger partial charge in [0, 0.05) is 37.9 Å². The first-order valence-electron chi connectivity index (χ1n) is 8.20. The molecule has 1 aromatic carbocycles. The van der Waals surface area contributed by atoms with Crippen molar-refractivity contribution in [3.05, 3.63) is 29.1 Å². The van der Waals surface area contributed by atoms with Crippen LogP contribution in [0.4, 0.5) is 4.39 Å². The molecule has 0 aliphatic carbocycles. The van der Waals surface area contributed by atoms with Crippen LogP contribution in [0.5, 0.6) is 5.75 Å². The van der Waals surface area contributed by atoms with Crippen molar-refractivity contribution < 1.29 is 18.6 Å². The van der Waals surface area contributed by atoms with Crippen molar-refractivity contribution in [2.45, 2.75) is 38.5 Å². The predicted octanol–water partition coefficient (Wildman–Crippen LogP) is 2.54. The number of rotatable bonds is 4. The Kier molecular flexibility index (Phi) is 7.26. The summed E-state index contributed by atoms with van der Waals surface area (Å²) in [5.74, 6) is 1.04. The number of aliphatic imine (C=N–C) groups is 1. The molecule has 0 amide bonds. The number of hydrogen-bond donors (Lipinski definition) is 2. The number of nitrogens with one attached hydrogen (secondary N) is 2. The van der Waals surface area contributed by atoms with Gasteiger partial charge in [0.25, 0.3) is 0 Å². The lowest BCUT2D eigenvalue weighted by molar-refractivity contribution is -0.0173. The van der Waals surface area contributed by atoms with E-state index >= 15 is 0 Å². The smallest absolute Gasteiger partial charge is 0.191 e. The average Bonchev–Trinajstić information content (AvgIpc) is 3.01. The molecule has 6 nitrogen and oxygen atoms in total. The van der Waals surface area contributed by atoms with Crippen LogP contribution in [0.15, 0.2) is 17.1 Å². The van der Waals surface area contributed by atoms with Gasteiger partial charge in [0.1, 0.15) is 11.6 Å². The molecule has 0 aromatic heterocycles. The van der Waals surface area contributed by atoms with Gasteiger partial charge in [-0.05, 0) is 31.9 Å². The minimum Gasteiger partial charge on any atom is -0.467 e. The summed E-state index contributed by atoms with van der Waals surface area (Å²) in [5.41, 5.74) is 1.32. The van der Waals surface area contributed by atoms with E-state index in [-0.39, 0.29) is 42.2 Å². The Labute approximate surface area is 164 Å². The van der Waals surface area contributed by atoms with Gasteiger partial charge >= 0.3 is 0 Å². The average molecular weight is 465 g/mol. The second-order valence-electron chi connectivity index (χ2n) is 6.35. The maximum absolute atomic E-state index is 13.8. The van der Waals surface area contributed by atoms with Gasteiger partial charge in [-0.15, -0.1) is 24.0 Å². The maximum atomic E-state index is 13.8. The molecular weight excluding hydrogens is 440 g/mol. The van der Waals surface area contributed by atoms with E-state index in [0.717, 1.165) is 30.6 Å². The normalized spacial score (nSPS) is 22.6. The first-order valence-corrected chi connectivity index (χ1v) is 8.20. The second-order valence-corrected chi connectivity index (χ2v) is 6.35. The molecule has 1 aromatic rings. The minimum absolute atomic E-state index is 0. The summed E-state index contributed by atoms with van der Waals surface area (Å²) in [5, 5.41) is 6.47. The molecule has 1 atom stereocenters. The molecule has 1 fully saturated rings. The lowest BCUT2D eigenvalue weighted by atomic mass is 10.0. The van der Waals surface area contributed by atoms with Gasteiger partial charge in [-0.3, -0.25) is 4.99 Å². The van der Waals surface area contributed by atoms with Crippen LogP contribution in [0.1, 0.15) is 30.9 Å². The summed E-state index contributed by atoms with van der Waals surface area (Å²) in [4.78, 5) is 4.21. The molecule has 8 heteroatoms. The molecule has 140 valence electrons. The van der Waals surface area contributed by atoms with Gasteiger partial charge in [0.2, 0.25) is 0 Å². The summed E-state index contributed by atoms with van der Waals surface area (Å²) in [6.07, 6.45) is 2.11. The van der Waals surface area contributed by atoms with Gasteiger partial charge in [-0.2, -0.15) is 0 Å². The summed E-state index contributed by atoms with van der Waals surface area (Å²) in [6.45, 7) is 4.54. The summed E-state index contributed by atoms with van der Waals surface area (Å²) >= 11 is 0. The number of guanidine groups is 1. The van der Waals surface area contributed by atoms with Crippen LogP contribution in [0.25, 0.3) is 0 Å². The number of fused-ring (bicyclic) bond motifs is 1. The molecule has 0 radical (unpaired) electrons. The highest BCUT2D eigenvalue weighted by molar-refractivity contribution is 14.0. The summed E-state index contributed by atoms with van der Waals surface area (Å²) in [7, 11) is 1.71. The van der Waals surface area contributed by atoms with Crippen molar-refractivity contribution in [3.8, 4) is 5.75 Å². The standard InChI is InChI=1S/C17H24FN3O3.HI/c1-17(4-3-5-24-17)10-21-16(19-2)20-8-12-6-14(18)7-13-9-22-11-23-15(12)13;/h6-7H,3-5,8-11H2,1-2H3,(H2,19,20,21);1H. The zero-order chi connectivity index (χ0) is 17.0. The number of benzene rings is 1. The van der Waals surface area contributed by atoms with Crippen molar-refractivity contribution in [3.63, 3.8) is 0 Å². The summed E-state index contributed by atoms with van der Waals surface area (Å²) < 4.78 is 30.2. The molecular formula is C17H25FIN3O3. The first-order chi connectivity index (χ1) is 11.6. The molecule has 2 N–H and O–H groups in total. The molecule has 0 spiro atoms. The van der Waals surface area contributed by atoms with Crippen molar-refractivity contribution in [1.29, 1.82) is 0 Å². The Hall–Kier alpha value is -1.13. The fourth-order valence-electron chi connectivity index (χ4n) is 3.03. The van der Waals surface area contributed by atoms with Crippen LogP contribution in [-0.2, 0) is 22.6 Å². The largest absolute Gasteiger partial charge is 0.467 e. The second kappa shape index (κ2) is 9.00. The van der Waals surface area contributed by atoms with Gasteiger partial charge in [0.05, 0.1) is 12.2 Å². The van der Waals surface area contributed by atoms with E-state index in [1.807, 2.05) is 0 Å². The number of halogens is 2. The third kappa shape index (κ3) is 5.18. The first kappa shape index (κ1) is 20.2.